The zero-order valence-electron chi connectivity index (χ0n) is 10.5. The van der Waals surface area contributed by atoms with Crippen LogP contribution in [0.4, 0.5) is 5.69 Å². The fourth-order valence-electron chi connectivity index (χ4n) is 1.82. The van der Waals surface area contributed by atoms with Crippen LogP contribution in [0.5, 0.6) is 5.75 Å². The minimum atomic E-state index is 0.458. The lowest BCUT2D eigenvalue weighted by molar-refractivity contribution is 0.413. The average molecular weight is 321 g/mol. The molecule has 0 saturated heterocycles. The van der Waals surface area contributed by atoms with E-state index in [9.17, 15) is 0 Å². The Morgan fingerprint density at radius 2 is 2.12 bits per heavy atom. The molecular formula is C13H19BrClNO. The average Bonchev–Trinajstić information content (AvgIpc) is 2.28. The summed E-state index contributed by atoms with van der Waals surface area (Å²) in [4.78, 5) is 0. The van der Waals surface area contributed by atoms with Gasteiger partial charge < -0.3 is 10.1 Å². The number of ether oxygens (including phenoxy) is 1. The van der Waals surface area contributed by atoms with Crippen LogP contribution in [0.25, 0.3) is 0 Å². The van der Waals surface area contributed by atoms with Crippen LogP contribution in [0.3, 0.4) is 0 Å². The SMILES string of the molecule is CCCC(CC)Nc1cc(Cl)cc(Br)c1OC. The van der Waals surface area contributed by atoms with Gasteiger partial charge in [0.25, 0.3) is 0 Å². The molecule has 17 heavy (non-hydrogen) atoms. The van der Waals surface area contributed by atoms with Crippen molar-refractivity contribution in [2.75, 3.05) is 12.4 Å². The smallest absolute Gasteiger partial charge is 0.156 e. The predicted molar refractivity (Wildman–Crippen MR) is 78.3 cm³/mol. The minimum Gasteiger partial charge on any atom is -0.493 e. The van der Waals surface area contributed by atoms with Crippen molar-refractivity contribution in [2.45, 2.75) is 39.2 Å². The Bertz CT molecular complexity index is 371. The molecular weight excluding hydrogens is 302 g/mol. The van der Waals surface area contributed by atoms with Gasteiger partial charge in [-0.25, -0.2) is 0 Å². The third kappa shape index (κ3) is 4.07. The highest BCUT2D eigenvalue weighted by atomic mass is 79.9. The molecule has 0 saturated carbocycles. The lowest BCUT2D eigenvalue weighted by atomic mass is 10.1. The van der Waals surface area contributed by atoms with E-state index in [-0.39, 0.29) is 0 Å². The molecule has 1 aromatic carbocycles. The van der Waals surface area contributed by atoms with Gasteiger partial charge in [-0.05, 0) is 40.9 Å². The van der Waals surface area contributed by atoms with Crippen molar-refractivity contribution < 1.29 is 4.74 Å². The van der Waals surface area contributed by atoms with Crippen LogP contribution in [0, 0.1) is 0 Å². The molecule has 1 N–H and O–H groups in total. The van der Waals surface area contributed by atoms with Gasteiger partial charge in [-0.3, -0.25) is 0 Å². The number of hydrogen-bond acceptors (Lipinski definition) is 2. The van der Waals surface area contributed by atoms with Crippen LogP contribution < -0.4 is 10.1 Å². The van der Waals surface area contributed by atoms with Crippen molar-refractivity contribution >= 4 is 33.2 Å². The van der Waals surface area contributed by atoms with Crippen molar-refractivity contribution in [3.63, 3.8) is 0 Å². The molecule has 0 aliphatic heterocycles. The molecule has 2 nitrogen and oxygen atoms in total. The first kappa shape index (κ1) is 14.7. The molecule has 96 valence electrons. The molecule has 0 aliphatic rings. The first-order chi connectivity index (χ1) is 8.12. The number of anilines is 1. The fraction of sp³-hybridized carbons (Fsp3) is 0.538. The Labute approximate surface area is 117 Å². The van der Waals surface area contributed by atoms with Crippen LogP contribution >= 0.6 is 27.5 Å². The number of methoxy groups -OCH3 is 1. The monoisotopic (exact) mass is 319 g/mol. The second kappa shape index (κ2) is 7.12. The number of halogens is 2. The molecule has 1 aromatic rings. The summed E-state index contributed by atoms with van der Waals surface area (Å²) in [7, 11) is 1.67. The lowest BCUT2D eigenvalue weighted by Crippen LogP contribution is -2.18. The second-order valence-electron chi connectivity index (χ2n) is 4.01. The summed E-state index contributed by atoms with van der Waals surface area (Å²) >= 11 is 9.52. The first-order valence-electron chi connectivity index (χ1n) is 5.91. The normalized spacial score (nSPS) is 12.3. The molecule has 0 bridgehead atoms. The predicted octanol–water partition coefficient (Wildman–Crippen LogP) is 5.10. The molecule has 0 fully saturated rings. The molecule has 1 unspecified atom stereocenters. The van der Waals surface area contributed by atoms with E-state index in [1.807, 2.05) is 12.1 Å². The van der Waals surface area contributed by atoms with Crippen molar-refractivity contribution in [2.24, 2.45) is 0 Å². The summed E-state index contributed by atoms with van der Waals surface area (Å²) in [5.74, 6) is 0.809. The molecule has 0 amide bonds. The van der Waals surface area contributed by atoms with Gasteiger partial charge in [-0.15, -0.1) is 0 Å². The Hall–Kier alpha value is -0.410. The molecule has 0 heterocycles. The molecule has 0 radical (unpaired) electrons. The minimum absolute atomic E-state index is 0.458. The van der Waals surface area contributed by atoms with Crippen LogP contribution in [-0.4, -0.2) is 13.2 Å². The molecule has 1 rings (SSSR count). The molecule has 4 heteroatoms. The maximum absolute atomic E-state index is 6.06. The van der Waals surface area contributed by atoms with E-state index in [1.165, 1.54) is 0 Å². The lowest BCUT2D eigenvalue weighted by Gasteiger charge is -2.20. The van der Waals surface area contributed by atoms with E-state index in [1.54, 1.807) is 7.11 Å². The van der Waals surface area contributed by atoms with E-state index in [0.717, 1.165) is 35.2 Å². The highest BCUT2D eigenvalue weighted by molar-refractivity contribution is 9.10. The first-order valence-corrected chi connectivity index (χ1v) is 7.09. The summed E-state index contributed by atoms with van der Waals surface area (Å²) in [5, 5.41) is 4.19. The quantitative estimate of drug-likeness (QED) is 0.787. The molecule has 0 aliphatic carbocycles. The molecule has 0 aromatic heterocycles. The van der Waals surface area contributed by atoms with Crippen molar-refractivity contribution in [3.8, 4) is 5.75 Å². The third-order valence-electron chi connectivity index (χ3n) is 2.70. The maximum Gasteiger partial charge on any atom is 0.156 e. The van der Waals surface area contributed by atoms with E-state index in [4.69, 9.17) is 16.3 Å². The van der Waals surface area contributed by atoms with Crippen LogP contribution in [0.15, 0.2) is 16.6 Å². The maximum atomic E-state index is 6.06. The van der Waals surface area contributed by atoms with Crippen LogP contribution in [0.2, 0.25) is 5.02 Å². The third-order valence-corrected chi connectivity index (χ3v) is 3.51. The van der Waals surface area contributed by atoms with E-state index < -0.39 is 0 Å². The van der Waals surface area contributed by atoms with Crippen molar-refractivity contribution in [3.05, 3.63) is 21.6 Å². The zero-order valence-corrected chi connectivity index (χ0v) is 12.9. The van der Waals surface area contributed by atoms with Gasteiger partial charge in [0.05, 0.1) is 17.3 Å². The summed E-state index contributed by atoms with van der Waals surface area (Å²) < 4.78 is 6.26. The highest BCUT2D eigenvalue weighted by Crippen LogP contribution is 2.37. The fourth-order valence-corrected chi connectivity index (χ4v) is 2.79. The zero-order chi connectivity index (χ0) is 12.8. The number of nitrogens with one attached hydrogen (secondary N) is 1. The van der Waals surface area contributed by atoms with E-state index in [2.05, 4.69) is 35.1 Å². The summed E-state index contributed by atoms with van der Waals surface area (Å²) in [6.45, 7) is 4.37. The van der Waals surface area contributed by atoms with Gasteiger partial charge >= 0.3 is 0 Å². The largest absolute Gasteiger partial charge is 0.493 e. The summed E-state index contributed by atoms with van der Waals surface area (Å²) in [6.07, 6.45) is 3.39. The summed E-state index contributed by atoms with van der Waals surface area (Å²) in [6, 6.07) is 4.20. The van der Waals surface area contributed by atoms with Gasteiger partial charge in [0, 0.05) is 11.1 Å². The Morgan fingerprint density at radius 3 is 2.65 bits per heavy atom. The Morgan fingerprint density at radius 1 is 1.41 bits per heavy atom. The topological polar surface area (TPSA) is 21.3 Å². The van der Waals surface area contributed by atoms with Crippen LogP contribution in [-0.2, 0) is 0 Å². The Balaban J connectivity index is 2.95. The molecule has 1 atom stereocenters. The number of rotatable bonds is 6. The van der Waals surface area contributed by atoms with Gasteiger partial charge in [0.15, 0.2) is 5.75 Å². The standard InChI is InChI=1S/C13H19BrClNO/c1-4-6-10(5-2)16-12-8-9(15)7-11(14)13(12)17-3/h7-8,10,16H,4-6H2,1-3H3. The van der Waals surface area contributed by atoms with Gasteiger partial charge in [0.2, 0.25) is 0 Å². The number of benzene rings is 1. The number of hydrogen-bond donors (Lipinski definition) is 1. The van der Waals surface area contributed by atoms with Gasteiger partial charge in [-0.1, -0.05) is 31.9 Å². The summed E-state index contributed by atoms with van der Waals surface area (Å²) in [5.41, 5.74) is 0.951. The van der Waals surface area contributed by atoms with Crippen LogP contribution in [0.1, 0.15) is 33.1 Å². The van der Waals surface area contributed by atoms with Gasteiger partial charge in [0.1, 0.15) is 0 Å². The van der Waals surface area contributed by atoms with Crippen molar-refractivity contribution in [1.82, 2.24) is 0 Å². The van der Waals surface area contributed by atoms with Crippen molar-refractivity contribution in [1.29, 1.82) is 0 Å². The van der Waals surface area contributed by atoms with E-state index in [0.29, 0.717) is 11.1 Å². The highest BCUT2D eigenvalue weighted by Gasteiger charge is 2.12. The Kier molecular flexibility index (Phi) is 6.14. The van der Waals surface area contributed by atoms with Gasteiger partial charge in [-0.2, -0.15) is 0 Å². The second-order valence-corrected chi connectivity index (χ2v) is 5.30. The molecule has 0 spiro atoms. The van der Waals surface area contributed by atoms with E-state index >= 15 is 0 Å².